The van der Waals surface area contributed by atoms with Crippen LogP contribution in [0.4, 0.5) is 0 Å². The lowest BCUT2D eigenvalue weighted by molar-refractivity contribution is 0.674. The summed E-state index contributed by atoms with van der Waals surface area (Å²) in [5.41, 5.74) is -0.0641. The molecule has 0 aliphatic rings. The highest BCUT2D eigenvalue weighted by molar-refractivity contribution is 6.30. The average Bonchev–Trinajstić information content (AvgIpc) is 2.32. The largest absolute Gasteiger partial charge is 0.329 e. The SMILES string of the molecule is Cc1nccc(Cn2c(=O)[nH]c(Cl)c(C)c2=O)n1. The third-order valence-corrected chi connectivity index (χ3v) is 2.89. The molecule has 0 saturated carbocycles. The van der Waals surface area contributed by atoms with Gasteiger partial charge in [0.25, 0.3) is 5.56 Å². The van der Waals surface area contributed by atoms with E-state index in [0.717, 1.165) is 4.57 Å². The molecule has 2 aromatic rings. The summed E-state index contributed by atoms with van der Waals surface area (Å²) < 4.78 is 1.06. The smallest absolute Gasteiger partial charge is 0.297 e. The number of aryl methyl sites for hydroxylation is 1. The Labute approximate surface area is 107 Å². The standard InChI is InChI=1S/C11H11ClN4O2/c1-6-9(12)15-11(18)16(10(6)17)5-8-3-4-13-7(2)14-8/h3-4H,5H2,1-2H3,(H,15,18). The molecule has 0 aliphatic heterocycles. The van der Waals surface area contributed by atoms with Crippen molar-refractivity contribution in [2.45, 2.75) is 20.4 Å². The lowest BCUT2D eigenvalue weighted by atomic mass is 10.3. The first-order valence-corrected chi connectivity index (χ1v) is 5.64. The number of hydrogen-bond donors (Lipinski definition) is 1. The summed E-state index contributed by atoms with van der Waals surface area (Å²) in [7, 11) is 0. The van der Waals surface area contributed by atoms with Gasteiger partial charge in [-0.3, -0.25) is 14.3 Å². The van der Waals surface area contributed by atoms with Crippen LogP contribution in [0.3, 0.4) is 0 Å². The molecule has 1 N–H and O–H groups in total. The fraction of sp³-hybridized carbons (Fsp3) is 0.273. The molecule has 7 heteroatoms. The lowest BCUT2D eigenvalue weighted by Crippen LogP contribution is -2.37. The quantitative estimate of drug-likeness (QED) is 0.809. The summed E-state index contributed by atoms with van der Waals surface area (Å²) in [5.74, 6) is 0.586. The Balaban J connectivity index is 2.51. The molecule has 0 saturated heterocycles. The molecule has 0 radical (unpaired) electrons. The summed E-state index contributed by atoms with van der Waals surface area (Å²) in [5, 5.41) is 0.0696. The maximum Gasteiger partial charge on any atom is 0.329 e. The summed E-state index contributed by atoms with van der Waals surface area (Å²) in [6.45, 7) is 3.39. The zero-order valence-electron chi connectivity index (χ0n) is 9.90. The summed E-state index contributed by atoms with van der Waals surface area (Å²) >= 11 is 5.72. The van der Waals surface area contributed by atoms with E-state index >= 15 is 0 Å². The number of H-pyrrole nitrogens is 1. The highest BCUT2D eigenvalue weighted by Gasteiger charge is 2.09. The Morgan fingerprint density at radius 2 is 2.11 bits per heavy atom. The van der Waals surface area contributed by atoms with Crippen LogP contribution >= 0.6 is 11.6 Å². The van der Waals surface area contributed by atoms with Crippen LogP contribution in [-0.2, 0) is 6.54 Å². The second-order valence-corrected chi connectivity index (χ2v) is 4.23. The van der Waals surface area contributed by atoms with Crippen molar-refractivity contribution in [1.82, 2.24) is 19.5 Å². The second kappa shape index (κ2) is 4.73. The Morgan fingerprint density at radius 3 is 2.78 bits per heavy atom. The molecule has 0 amide bonds. The van der Waals surface area contributed by atoms with Gasteiger partial charge in [-0.2, -0.15) is 0 Å². The van der Waals surface area contributed by atoms with Crippen LogP contribution in [-0.4, -0.2) is 19.5 Å². The van der Waals surface area contributed by atoms with E-state index in [-0.39, 0.29) is 11.7 Å². The van der Waals surface area contributed by atoms with Gasteiger partial charge in [-0.15, -0.1) is 0 Å². The van der Waals surface area contributed by atoms with Crippen molar-refractivity contribution < 1.29 is 0 Å². The van der Waals surface area contributed by atoms with Gasteiger partial charge in [-0.1, -0.05) is 11.6 Å². The molecule has 2 heterocycles. The first kappa shape index (κ1) is 12.5. The highest BCUT2D eigenvalue weighted by atomic mass is 35.5. The fourth-order valence-electron chi connectivity index (χ4n) is 1.54. The number of nitrogens with zero attached hydrogens (tertiary/aromatic N) is 3. The zero-order chi connectivity index (χ0) is 13.3. The van der Waals surface area contributed by atoms with E-state index in [1.165, 1.54) is 0 Å². The van der Waals surface area contributed by atoms with E-state index in [1.807, 2.05) is 0 Å². The van der Waals surface area contributed by atoms with E-state index in [0.29, 0.717) is 17.1 Å². The summed E-state index contributed by atoms with van der Waals surface area (Å²) in [4.78, 5) is 34.1. The molecule has 18 heavy (non-hydrogen) atoms. The Bertz CT molecular complexity index is 705. The van der Waals surface area contributed by atoms with Crippen molar-refractivity contribution in [3.05, 3.63) is 55.3 Å². The van der Waals surface area contributed by atoms with Gasteiger partial charge in [0, 0.05) is 11.8 Å². The molecular formula is C11H11ClN4O2. The molecule has 0 aliphatic carbocycles. The number of halogens is 1. The Hall–Kier alpha value is -1.95. The van der Waals surface area contributed by atoms with Gasteiger partial charge in [0.05, 0.1) is 12.2 Å². The number of aromatic amines is 1. The van der Waals surface area contributed by atoms with E-state index in [2.05, 4.69) is 15.0 Å². The van der Waals surface area contributed by atoms with E-state index in [4.69, 9.17) is 11.6 Å². The molecule has 2 rings (SSSR count). The molecule has 0 fully saturated rings. The Morgan fingerprint density at radius 1 is 1.39 bits per heavy atom. The van der Waals surface area contributed by atoms with Crippen molar-refractivity contribution in [3.8, 4) is 0 Å². The molecule has 0 atom stereocenters. The van der Waals surface area contributed by atoms with Gasteiger partial charge in [-0.05, 0) is 19.9 Å². The number of nitrogens with one attached hydrogen (secondary N) is 1. The first-order valence-electron chi connectivity index (χ1n) is 5.27. The summed E-state index contributed by atoms with van der Waals surface area (Å²) in [6.07, 6.45) is 1.58. The van der Waals surface area contributed by atoms with Gasteiger partial charge in [0.15, 0.2) is 0 Å². The minimum atomic E-state index is -0.549. The predicted octanol–water partition coefficient (Wildman–Crippen LogP) is 0.645. The molecule has 94 valence electrons. The molecule has 2 aromatic heterocycles. The van der Waals surface area contributed by atoms with Crippen molar-refractivity contribution >= 4 is 11.6 Å². The third-order valence-electron chi connectivity index (χ3n) is 2.51. The molecule has 0 bridgehead atoms. The van der Waals surface area contributed by atoms with Crippen LogP contribution in [0.1, 0.15) is 17.1 Å². The van der Waals surface area contributed by atoms with Crippen LogP contribution in [0.25, 0.3) is 0 Å². The van der Waals surface area contributed by atoms with Gasteiger partial charge in [0.1, 0.15) is 11.0 Å². The van der Waals surface area contributed by atoms with Crippen LogP contribution in [0.2, 0.25) is 5.15 Å². The van der Waals surface area contributed by atoms with Gasteiger partial charge in [-0.25, -0.2) is 14.8 Å². The van der Waals surface area contributed by atoms with Crippen LogP contribution in [0.15, 0.2) is 21.9 Å². The minimum absolute atomic E-state index is 0.0696. The highest BCUT2D eigenvalue weighted by Crippen LogP contribution is 2.03. The third kappa shape index (κ3) is 2.33. The fourth-order valence-corrected chi connectivity index (χ4v) is 1.70. The van der Waals surface area contributed by atoms with Crippen molar-refractivity contribution in [3.63, 3.8) is 0 Å². The molecule has 6 nitrogen and oxygen atoms in total. The van der Waals surface area contributed by atoms with E-state index in [1.54, 1.807) is 26.1 Å². The lowest BCUT2D eigenvalue weighted by Gasteiger charge is -2.06. The van der Waals surface area contributed by atoms with Crippen LogP contribution in [0.5, 0.6) is 0 Å². The van der Waals surface area contributed by atoms with Crippen molar-refractivity contribution in [2.24, 2.45) is 0 Å². The maximum absolute atomic E-state index is 11.9. The molecule has 0 spiro atoms. The topological polar surface area (TPSA) is 80.6 Å². The number of hydrogen-bond acceptors (Lipinski definition) is 4. The zero-order valence-corrected chi connectivity index (χ0v) is 10.7. The molecular weight excluding hydrogens is 256 g/mol. The maximum atomic E-state index is 11.9. The first-order chi connectivity index (χ1) is 8.49. The second-order valence-electron chi connectivity index (χ2n) is 3.86. The monoisotopic (exact) mass is 266 g/mol. The van der Waals surface area contributed by atoms with Crippen LogP contribution in [0, 0.1) is 13.8 Å². The number of rotatable bonds is 2. The Kier molecular flexibility index (Phi) is 3.29. The van der Waals surface area contributed by atoms with Gasteiger partial charge in [0.2, 0.25) is 0 Å². The average molecular weight is 267 g/mol. The normalized spacial score (nSPS) is 10.6. The number of aromatic nitrogens is 4. The van der Waals surface area contributed by atoms with Crippen molar-refractivity contribution in [1.29, 1.82) is 0 Å². The van der Waals surface area contributed by atoms with Crippen molar-refractivity contribution in [2.75, 3.05) is 0 Å². The summed E-state index contributed by atoms with van der Waals surface area (Å²) in [6, 6.07) is 1.66. The van der Waals surface area contributed by atoms with Gasteiger partial charge >= 0.3 is 5.69 Å². The van der Waals surface area contributed by atoms with Gasteiger partial charge < -0.3 is 0 Å². The van der Waals surface area contributed by atoms with E-state index in [9.17, 15) is 9.59 Å². The predicted molar refractivity (Wildman–Crippen MR) is 66.9 cm³/mol. The molecule has 0 aromatic carbocycles. The van der Waals surface area contributed by atoms with Crippen LogP contribution < -0.4 is 11.2 Å². The van der Waals surface area contributed by atoms with E-state index < -0.39 is 11.2 Å². The minimum Gasteiger partial charge on any atom is -0.297 e. The molecule has 0 unspecified atom stereocenters.